The molecular weight excluding hydrogens is 284 g/mol. The molecular formula is C17H21Br. The van der Waals surface area contributed by atoms with E-state index in [0.717, 1.165) is 17.3 Å². The van der Waals surface area contributed by atoms with Gasteiger partial charge in [0, 0.05) is 4.48 Å². The van der Waals surface area contributed by atoms with Crippen LogP contribution in [0.5, 0.6) is 0 Å². The highest BCUT2D eigenvalue weighted by molar-refractivity contribution is 9.11. The van der Waals surface area contributed by atoms with Crippen LogP contribution < -0.4 is 0 Å². The van der Waals surface area contributed by atoms with Crippen molar-refractivity contribution in [2.24, 2.45) is 5.92 Å². The predicted octanol–water partition coefficient (Wildman–Crippen LogP) is 5.67. The molecule has 0 saturated heterocycles. The summed E-state index contributed by atoms with van der Waals surface area (Å²) in [6.45, 7) is 4.35. The number of benzene rings is 1. The van der Waals surface area contributed by atoms with Gasteiger partial charge in [-0.1, -0.05) is 84.4 Å². The topological polar surface area (TPSA) is 0 Å². The second kappa shape index (κ2) is 8.93. The maximum absolute atomic E-state index is 3.53. The van der Waals surface area contributed by atoms with Crippen LogP contribution in [0.4, 0.5) is 0 Å². The van der Waals surface area contributed by atoms with Gasteiger partial charge in [0.1, 0.15) is 0 Å². The highest BCUT2D eigenvalue weighted by Crippen LogP contribution is 2.09. The molecule has 0 radical (unpaired) electrons. The molecule has 0 nitrogen and oxygen atoms in total. The van der Waals surface area contributed by atoms with Gasteiger partial charge in [-0.05, 0) is 30.4 Å². The van der Waals surface area contributed by atoms with Crippen molar-refractivity contribution in [1.29, 1.82) is 0 Å². The molecule has 0 N–H and O–H groups in total. The van der Waals surface area contributed by atoms with Crippen LogP contribution in [-0.4, -0.2) is 0 Å². The molecule has 0 aromatic heterocycles. The highest BCUT2D eigenvalue weighted by atomic mass is 79.9. The molecule has 0 saturated carbocycles. The summed E-state index contributed by atoms with van der Waals surface area (Å²) in [6.07, 6.45) is 12.9. The molecule has 18 heavy (non-hydrogen) atoms. The van der Waals surface area contributed by atoms with Crippen LogP contribution in [0.15, 0.2) is 65.2 Å². The summed E-state index contributed by atoms with van der Waals surface area (Å²) in [5, 5.41) is 0. The Morgan fingerprint density at radius 1 is 1.22 bits per heavy atom. The Morgan fingerprint density at radius 3 is 2.61 bits per heavy atom. The van der Waals surface area contributed by atoms with Crippen molar-refractivity contribution in [2.75, 3.05) is 0 Å². The van der Waals surface area contributed by atoms with E-state index < -0.39 is 0 Å². The van der Waals surface area contributed by atoms with Crippen LogP contribution in [0.1, 0.15) is 25.8 Å². The van der Waals surface area contributed by atoms with Crippen molar-refractivity contribution >= 4 is 15.9 Å². The molecule has 0 aliphatic heterocycles. The first kappa shape index (κ1) is 15.0. The van der Waals surface area contributed by atoms with Gasteiger partial charge in [0.25, 0.3) is 0 Å². The minimum atomic E-state index is 0.591. The van der Waals surface area contributed by atoms with E-state index in [1.807, 2.05) is 0 Å². The Labute approximate surface area is 119 Å². The second-order valence-corrected chi connectivity index (χ2v) is 5.52. The van der Waals surface area contributed by atoms with Crippen molar-refractivity contribution < 1.29 is 0 Å². The molecule has 1 aromatic rings. The van der Waals surface area contributed by atoms with E-state index in [9.17, 15) is 0 Å². The normalized spacial score (nSPS) is 13.0. The van der Waals surface area contributed by atoms with Gasteiger partial charge in [-0.25, -0.2) is 0 Å². The van der Waals surface area contributed by atoms with Crippen LogP contribution in [-0.2, 0) is 6.42 Å². The predicted molar refractivity (Wildman–Crippen MR) is 84.9 cm³/mol. The van der Waals surface area contributed by atoms with E-state index >= 15 is 0 Å². The number of allylic oxidation sites excluding steroid dienone is 6. The average molecular weight is 305 g/mol. The van der Waals surface area contributed by atoms with Crippen molar-refractivity contribution in [3.63, 3.8) is 0 Å². The van der Waals surface area contributed by atoms with Gasteiger partial charge >= 0.3 is 0 Å². The first-order valence-corrected chi connectivity index (χ1v) is 7.22. The average Bonchev–Trinajstić information content (AvgIpc) is 2.37. The summed E-state index contributed by atoms with van der Waals surface area (Å²) >= 11 is 3.53. The van der Waals surface area contributed by atoms with E-state index in [4.69, 9.17) is 0 Å². The highest BCUT2D eigenvalue weighted by Gasteiger charge is 1.88. The molecule has 0 unspecified atom stereocenters. The van der Waals surface area contributed by atoms with Gasteiger partial charge in [0.05, 0.1) is 0 Å². The maximum Gasteiger partial charge on any atom is 0.0172 e. The Morgan fingerprint density at radius 2 is 1.94 bits per heavy atom. The van der Waals surface area contributed by atoms with E-state index in [1.54, 1.807) is 0 Å². The Bertz CT molecular complexity index is 410. The van der Waals surface area contributed by atoms with Gasteiger partial charge in [0.2, 0.25) is 0 Å². The Hall–Kier alpha value is -1.08. The SMILES string of the molecule is CC(C)/C=C/C(Br)=C/C=C/CCc1ccccc1. The minimum Gasteiger partial charge on any atom is -0.0842 e. The number of hydrogen-bond acceptors (Lipinski definition) is 0. The maximum atomic E-state index is 3.53. The van der Waals surface area contributed by atoms with Crippen LogP contribution >= 0.6 is 15.9 Å². The summed E-state index contributed by atoms with van der Waals surface area (Å²) in [4.78, 5) is 0. The smallest absolute Gasteiger partial charge is 0.0172 e. The molecule has 1 aromatic carbocycles. The lowest BCUT2D eigenvalue weighted by Gasteiger charge is -1.96. The third-order valence-electron chi connectivity index (χ3n) is 2.47. The largest absolute Gasteiger partial charge is 0.0842 e. The van der Waals surface area contributed by atoms with E-state index in [2.05, 4.69) is 90.5 Å². The molecule has 0 atom stereocenters. The Kier molecular flexibility index (Phi) is 7.43. The van der Waals surface area contributed by atoms with Crippen molar-refractivity contribution in [1.82, 2.24) is 0 Å². The molecule has 0 spiro atoms. The van der Waals surface area contributed by atoms with E-state index in [0.29, 0.717) is 5.92 Å². The van der Waals surface area contributed by atoms with Crippen molar-refractivity contribution in [3.8, 4) is 0 Å². The van der Waals surface area contributed by atoms with Crippen molar-refractivity contribution in [2.45, 2.75) is 26.7 Å². The summed E-state index contributed by atoms with van der Waals surface area (Å²) in [7, 11) is 0. The van der Waals surface area contributed by atoms with E-state index in [1.165, 1.54) is 5.56 Å². The summed E-state index contributed by atoms with van der Waals surface area (Å²) in [5.41, 5.74) is 1.39. The van der Waals surface area contributed by atoms with Gasteiger partial charge < -0.3 is 0 Å². The lowest BCUT2D eigenvalue weighted by atomic mass is 10.1. The first-order valence-electron chi connectivity index (χ1n) is 6.43. The van der Waals surface area contributed by atoms with Gasteiger partial charge in [0.15, 0.2) is 0 Å². The fourth-order valence-corrected chi connectivity index (χ4v) is 1.80. The fourth-order valence-electron chi connectivity index (χ4n) is 1.49. The number of aryl methyl sites for hydroxylation is 1. The van der Waals surface area contributed by atoms with E-state index in [-0.39, 0.29) is 0 Å². The summed E-state index contributed by atoms with van der Waals surface area (Å²) < 4.78 is 1.12. The molecule has 1 rings (SSSR count). The van der Waals surface area contributed by atoms with Gasteiger partial charge in [-0.3, -0.25) is 0 Å². The third kappa shape index (κ3) is 7.29. The standard InChI is InChI=1S/C17H21Br/c1-15(2)13-14-17(18)12-8-4-7-11-16-9-5-3-6-10-16/h3-6,8-10,12-15H,7,11H2,1-2H3/b8-4+,14-13+,17-12-. The number of hydrogen-bond donors (Lipinski definition) is 0. The quantitative estimate of drug-likeness (QED) is 0.594. The Balaban J connectivity index is 2.31. The first-order chi connectivity index (χ1) is 8.68. The van der Waals surface area contributed by atoms with Gasteiger partial charge in [-0.2, -0.15) is 0 Å². The second-order valence-electron chi connectivity index (χ2n) is 4.61. The molecule has 1 heteroatoms. The zero-order valence-corrected chi connectivity index (χ0v) is 12.7. The van der Waals surface area contributed by atoms with Crippen LogP contribution in [0.25, 0.3) is 0 Å². The fraction of sp³-hybridized carbons (Fsp3) is 0.294. The lowest BCUT2D eigenvalue weighted by Crippen LogP contribution is -1.80. The minimum absolute atomic E-state index is 0.591. The van der Waals surface area contributed by atoms with Gasteiger partial charge in [-0.15, -0.1) is 0 Å². The molecule has 0 amide bonds. The molecule has 0 heterocycles. The molecule has 0 bridgehead atoms. The summed E-state index contributed by atoms with van der Waals surface area (Å²) in [6, 6.07) is 10.6. The molecule has 0 aliphatic carbocycles. The van der Waals surface area contributed by atoms with Crippen LogP contribution in [0, 0.1) is 5.92 Å². The lowest BCUT2D eigenvalue weighted by molar-refractivity contribution is 0.832. The molecule has 0 fully saturated rings. The zero-order chi connectivity index (χ0) is 13.2. The zero-order valence-electron chi connectivity index (χ0n) is 11.1. The molecule has 0 aliphatic rings. The number of halogens is 1. The van der Waals surface area contributed by atoms with Crippen molar-refractivity contribution in [3.05, 3.63) is 70.8 Å². The molecule has 96 valence electrons. The van der Waals surface area contributed by atoms with Crippen LogP contribution in [0.2, 0.25) is 0 Å². The monoisotopic (exact) mass is 304 g/mol. The summed E-state index contributed by atoms with van der Waals surface area (Å²) in [5.74, 6) is 0.591. The third-order valence-corrected chi connectivity index (χ3v) is 3.00. The number of rotatable bonds is 6. The van der Waals surface area contributed by atoms with Crippen LogP contribution in [0.3, 0.4) is 0 Å².